The first-order valence-corrected chi connectivity index (χ1v) is 13.9. The molecule has 222 valence electrons. The highest BCUT2D eigenvalue weighted by molar-refractivity contribution is 7.89. The molecule has 0 aromatic heterocycles. The average Bonchev–Trinajstić information content (AvgIpc) is 2.84. The predicted octanol–water partition coefficient (Wildman–Crippen LogP) is 2.22. The van der Waals surface area contributed by atoms with Gasteiger partial charge in [0.1, 0.15) is 18.5 Å². The second kappa shape index (κ2) is 13.8. The van der Waals surface area contributed by atoms with Crippen LogP contribution in [0.15, 0.2) is 17.0 Å². The van der Waals surface area contributed by atoms with Crippen LogP contribution in [0.4, 0.5) is 13.2 Å². The second-order valence-corrected chi connectivity index (χ2v) is 11.9. The third-order valence-corrected chi connectivity index (χ3v) is 8.73. The lowest BCUT2D eigenvalue weighted by Crippen LogP contribution is -2.46. The fourth-order valence-electron chi connectivity index (χ4n) is 4.52. The maximum atomic E-state index is 13.1. The average molecular weight is 582 g/mol. The third-order valence-electron chi connectivity index (χ3n) is 6.57. The summed E-state index contributed by atoms with van der Waals surface area (Å²) in [5.74, 6) is -2.29. The normalized spacial score (nSPS) is 16.0. The Labute approximate surface area is 228 Å². The van der Waals surface area contributed by atoms with Gasteiger partial charge >= 0.3 is 12.1 Å². The summed E-state index contributed by atoms with van der Waals surface area (Å²) in [6.07, 6.45) is -5.27. The smallest absolute Gasteiger partial charge is 0.490 e. The number of hydrogen-bond acceptors (Lipinski definition) is 8. The first-order chi connectivity index (χ1) is 18.1. The Morgan fingerprint density at radius 2 is 1.67 bits per heavy atom. The van der Waals surface area contributed by atoms with Crippen molar-refractivity contribution in [3.8, 4) is 5.75 Å². The molecule has 10 nitrogen and oxygen atoms in total. The van der Waals surface area contributed by atoms with E-state index in [1.165, 1.54) is 14.2 Å². The molecule has 1 saturated heterocycles. The minimum atomic E-state index is -5.07. The predicted molar refractivity (Wildman–Crippen MR) is 137 cm³/mol. The molecule has 0 radical (unpaired) electrons. The van der Waals surface area contributed by atoms with E-state index in [2.05, 4.69) is 0 Å². The third kappa shape index (κ3) is 9.05. The molecule has 0 bridgehead atoms. The molecule has 1 unspecified atom stereocenters. The van der Waals surface area contributed by atoms with E-state index in [9.17, 15) is 31.2 Å². The van der Waals surface area contributed by atoms with Gasteiger partial charge in [0.15, 0.2) is 0 Å². The number of sulfonamides is 1. The van der Waals surface area contributed by atoms with Crippen LogP contribution in [0.25, 0.3) is 0 Å². The van der Waals surface area contributed by atoms with Crippen molar-refractivity contribution in [1.82, 2.24) is 14.1 Å². The van der Waals surface area contributed by atoms with Crippen molar-refractivity contribution in [2.45, 2.75) is 43.9 Å². The number of ether oxygens (including phenoxy) is 3. The van der Waals surface area contributed by atoms with Gasteiger partial charge in [-0.1, -0.05) is 0 Å². The number of benzene rings is 1. The van der Waals surface area contributed by atoms with E-state index in [0.717, 1.165) is 4.31 Å². The van der Waals surface area contributed by atoms with Gasteiger partial charge in [-0.15, -0.1) is 0 Å². The molecule has 2 rings (SSSR count). The van der Waals surface area contributed by atoms with E-state index >= 15 is 0 Å². The fraction of sp³-hybridized carbons (Fsp3) is 0.680. The van der Waals surface area contributed by atoms with Crippen LogP contribution in [0.3, 0.4) is 0 Å². The summed E-state index contributed by atoms with van der Waals surface area (Å²) in [5, 5.41) is 0. The number of esters is 1. The van der Waals surface area contributed by atoms with Crippen LogP contribution in [0.1, 0.15) is 24.0 Å². The quantitative estimate of drug-likeness (QED) is 0.273. The molecule has 0 saturated carbocycles. The maximum absolute atomic E-state index is 13.1. The molecule has 1 aromatic rings. The monoisotopic (exact) mass is 581 g/mol. The molecule has 1 aromatic carbocycles. The minimum Gasteiger partial charge on any atom is -0.497 e. The van der Waals surface area contributed by atoms with Crippen LogP contribution in [0.2, 0.25) is 0 Å². The van der Waals surface area contributed by atoms with Gasteiger partial charge in [-0.3, -0.25) is 4.79 Å². The van der Waals surface area contributed by atoms with Crippen LogP contribution >= 0.6 is 0 Å². The van der Waals surface area contributed by atoms with Gasteiger partial charge < -0.3 is 24.0 Å². The number of hydrogen-bond donors (Lipinski definition) is 0. The number of piperidine rings is 1. The number of methoxy groups -OCH3 is 1. The Hall–Kier alpha value is -2.42. The molecule has 0 N–H and O–H groups in total. The summed E-state index contributed by atoms with van der Waals surface area (Å²) in [5.41, 5.74) is 1.11. The number of aryl methyl sites for hydroxylation is 2. The molecule has 1 aliphatic heterocycles. The number of carbonyl (C=O) groups excluding carboxylic acids is 2. The first kappa shape index (κ1) is 32.8. The van der Waals surface area contributed by atoms with Gasteiger partial charge in [-0.25, -0.2) is 13.2 Å². The Kier molecular flexibility index (Phi) is 11.6. The minimum absolute atomic E-state index is 0.00944. The van der Waals surface area contributed by atoms with Crippen LogP contribution < -0.4 is 4.74 Å². The molecular weight excluding hydrogens is 543 g/mol. The highest BCUT2D eigenvalue weighted by atomic mass is 32.2. The van der Waals surface area contributed by atoms with Crippen LogP contribution in [0, 0.1) is 19.8 Å². The van der Waals surface area contributed by atoms with E-state index < -0.39 is 28.3 Å². The molecule has 1 atom stereocenters. The summed E-state index contributed by atoms with van der Waals surface area (Å²) in [7, 11) is 2.49. The lowest BCUT2D eigenvalue weighted by Gasteiger charge is -2.36. The molecule has 1 amide bonds. The van der Waals surface area contributed by atoms with E-state index in [-0.39, 0.29) is 56.1 Å². The highest BCUT2D eigenvalue weighted by Gasteiger charge is 2.44. The molecule has 1 fully saturated rings. The standard InChI is InChI=1S/C25H38F3N3O7S/c1-17-13-20(36-6)14-18(2)23(17)39(34,35)30(5)11-12-37-16-22(32)31-9-7-19(8-10-31)21(15-29(3)4)38-24(33)25(26,27)28/h13-14,19,21H,7-12,15-16H2,1-6H3. The number of amides is 1. The van der Waals surface area contributed by atoms with Gasteiger partial charge in [-0.2, -0.15) is 17.5 Å². The Balaban J connectivity index is 1.85. The lowest BCUT2D eigenvalue weighted by atomic mass is 9.90. The molecule has 1 heterocycles. The van der Waals surface area contributed by atoms with E-state index in [0.29, 0.717) is 29.7 Å². The van der Waals surface area contributed by atoms with Gasteiger partial charge in [0.05, 0.1) is 18.6 Å². The Morgan fingerprint density at radius 3 is 2.15 bits per heavy atom. The topological polar surface area (TPSA) is 106 Å². The van der Waals surface area contributed by atoms with Crippen molar-refractivity contribution in [3.05, 3.63) is 23.3 Å². The van der Waals surface area contributed by atoms with Crippen molar-refractivity contribution in [3.63, 3.8) is 0 Å². The SMILES string of the molecule is COc1cc(C)c(S(=O)(=O)N(C)CCOCC(=O)N2CCC(C(CN(C)C)OC(=O)C(F)(F)F)CC2)c(C)c1. The van der Waals surface area contributed by atoms with Crippen LogP contribution in [0.5, 0.6) is 5.75 Å². The van der Waals surface area contributed by atoms with Gasteiger partial charge in [0.25, 0.3) is 0 Å². The zero-order valence-corrected chi connectivity index (χ0v) is 24.0. The molecule has 1 aliphatic rings. The number of likely N-dealkylation sites (N-methyl/N-ethyl adjacent to an activating group) is 2. The van der Waals surface area contributed by atoms with Crippen molar-refractivity contribution >= 4 is 21.9 Å². The summed E-state index contributed by atoms with van der Waals surface area (Å²) < 4.78 is 80.8. The number of nitrogens with zero attached hydrogens (tertiary/aromatic N) is 3. The summed E-state index contributed by atoms with van der Waals surface area (Å²) >= 11 is 0. The number of carbonyl (C=O) groups is 2. The summed E-state index contributed by atoms with van der Waals surface area (Å²) in [6, 6.07) is 3.30. The van der Waals surface area contributed by atoms with Crippen LogP contribution in [-0.4, -0.2) is 114 Å². The zero-order valence-electron chi connectivity index (χ0n) is 23.2. The van der Waals surface area contributed by atoms with E-state index in [1.807, 2.05) is 0 Å². The summed E-state index contributed by atoms with van der Waals surface area (Å²) in [4.78, 5) is 27.3. The number of rotatable bonds is 12. The van der Waals surface area contributed by atoms with Gasteiger partial charge in [0.2, 0.25) is 15.9 Å². The van der Waals surface area contributed by atoms with E-state index in [4.69, 9.17) is 14.2 Å². The maximum Gasteiger partial charge on any atom is 0.490 e. The highest BCUT2D eigenvalue weighted by Crippen LogP contribution is 2.28. The second-order valence-electron chi connectivity index (χ2n) is 9.89. The van der Waals surface area contributed by atoms with Crippen LogP contribution in [-0.2, 0) is 29.1 Å². The largest absolute Gasteiger partial charge is 0.497 e. The van der Waals surface area contributed by atoms with Crippen molar-refractivity contribution in [2.75, 3.05) is 67.6 Å². The Bertz CT molecular complexity index is 1080. The molecular formula is C25H38F3N3O7S. The van der Waals surface area contributed by atoms with Crippen molar-refractivity contribution < 1.29 is 45.4 Å². The molecule has 39 heavy (non-hydrogen) atoms. The molecule has 0 aliphatic carbocycles. The Morgan fingerprint density at radius 1 is 1.10 bits per heavy atom. The number of alkyl halides is 3. The zero-order chi connectivity index (χ0) is 29.5. The number of likely N-dealkylation sites (tertiary alicyclic amines) is 1. The van der Waals surface area contributed by atoms with E-state index in [1.54, 1.807) is 49.9 Å². The first-order valence-electron chi connectivity index (χ1n) is 12.5. The summed E-state index contributed by atoms with van der Waals surface area (Å²) in [6.45, 7) is 3.84. The lowest BCUT2D eigenvalue weighted by molar-refractivity contribution is -0.208. The van der Waals surface area contributed by atoms with Gasteiger partial charge in [0, 0.05) is 39.1 Å². The van der Waals surface area contributed by atoms with Gasteiger partial charge in [-0.05, 0) is 64.0 Å². The number of halogens is 3. The molecule has 14 heteroatoms. The van der Waals surface area contributed by atoms with Crippen molar-refractivity contribution in [1.29, 1.82) is 0 Å². The molecule has 0 spiro atoms. The fourth-order valence-corrected chi connectivity index (χ4v) is 6.08. The van der Waals surface area contributed by atoms with Crippen molar-refractivity contribution in [2.24, 2.45) is 5.92 Å².